The molecule has 0 aromatic heterocycles. The fourth-order valence-electron chi connectivity index (χ4n) is 1.63. The predicted molar refractivity (Wildman–Crippen MR) is 61.7 cm³/mol. The monoisotopic (exact) mass is 226 g/mol. The first-order chi connectivity index (χ1) is 6.88. The number of carbonyl (C=O) groups is 1. The van der Waals surface area contributed by atoms with Crippen LogP contribution in [0, 0.1) is 0 Å². The number of carboxylic acids is 1. The number of alkyl halides is 1. The molecule has 0 saturated carbocycles. The molecular weight excluding hydrogens is 212 g/mol. The van der Waals surface area contributed by atoms with Crippen molar-refractivity contribution in [2.24, 2.45) is 0 Å². The molecule has 0 radical (unpaired) electrons. The molecule has 15 heavy (non-hydrogen) atoms. The lowest BCUT2D eigenvalue weighted by Gasteiger charge is -2.23. The molecule has 3 heteroatoms. The summed E-state index contributed by atoms with van der Waals surface area (Å²) in [4.78, 5) is 11.0. The van der Waals surface area contributed by atoms with Crippen LogP contribution in [0.3, 0.4) is 0 Å². The lowest BCUT2D eigenvalue weighted by atomic mass is 9.82. The summed E-state index contributed by atoms with van der Waals surface area (Å²) in [6.45, 7) is 6.14. The third kappa shape index (κ3) is 2.51. The van der Waals surface area contributed by atoms with Crippen LogP contribution in [-0.4, -0.2) is 11.1 Å². The summed E-state index contributed by atoms with van der Waals surface area (Å²) in [5.74, 6) is -0.688. The number of halogens is 1. The summed E-state index contributed by atoms with van der Waals surface area (Å²) in [6, 6.07) is 5.29. The van der Waals surface area contributed by atoms with Gasteiger partial charge in [-0.1, -0.05) is 32.9 Å². The van der Waals surface area contributed by atoms with Gasteiger partial charge >= 0.3 is 5.97 Å². The minimum atomic E-state index is -0.920. The zero-order valence-corrected chi connectivity index (χ0v) is 9.93. The third-order valence-electron chi connectivity index (χ3n) is 2.35. The molecule has 1 aromatic carbocycles. The number of rotatable bonds is 2. The van der Waals surface area contributed by atoms with E-state index in [0.717, 1.165) is 11.1 Å². The van der Waals surface area contributed by atoms with E-state index in [-0.39, 0.29) is 11.3 Å². The molecule has 0 amide bonds. The molecule has 0 aliphatic rings. The highest BCUT2D eigenvalue weighted by Gasteiger charge is 2.21. The highest BCUT2D eigenvalue weighted by Crippen LogP contribution is 2.29. The second-order valence-corrected chi connectivity index (χ2v) is 4.79. The highest BCUT2D eigenvalue weighted by atomic mass is 35.5. The zero-order chi connectivity index (χ0) is 11.6. The van der Waals surface area contributed by atoms with E-state index in [1.807, 2.05) is 26.8 Å². The van der Waals surface area contributed by atoms with Crippen molar-refractivity contribution < 1.29 is 9.90 Å². The van der Waals surface area contributed by atoms with Crippen molar-refractivity contribution in [3.63, 3.8) is 0 Å². The van der Waals surface area contributed by atoms with Crippen LogP contribution in [0.25, 0.3) is 0 Å². The van der Waals surface area contributed by atoms with Crippen molar-refractivity contribution in [1.82, 2.24) is 0 Å². The molecule has 0 saturated heterocycles. The van der Waals surface area contributed by atoms with Crippen LogP contribution >= 0.6 is 11.6 Å². The van der Waals surface area contributed by atoms with Gasteiger partial charge < -0.3 is 5.11 Å². The normalized spacial score (nSPS) is 11.5. The van der Waals surface area contributed by atoms with E-state index >= 15 is 0 Å². The van der Waals surface area contributed by atoms with Crippen molar-refractivity contribution in [3.05, 3.63) is 34.9 Å². The zero-order valence-electron chi connectivity index (χ0n) is 9.17. The maximum Gasteiger partial charge on any atom is 0.336 e. The van der Waals surface area contributed by atoms with E-state index in [9.17, 15) is 4.79 Å². The largest absolute Gasteiger partial charge is 0.478 e. The van der Waals surface area contributed by atoms with Crippen molar-refractivity contribution >= 4 is 17.6 Å². The second-order valence-electron chi connectivity index (χ2n) is 4.52. The molecule has 1 aromatic rings. The highest BCUT2D eigenvalue weighted by molar-refractivity contribution is 6.17. The number of carboxylic acid groups (broad SMARTS) is 1. The Morgan fingerprint density at radius 3 is 2.40 bits per heavy atom. The molecule has 0 aliphatic heterocycles. The average Bonchev–Trinajstić information content (AvgIpc) is 2.15. The number of hydrogen-bond donors (Lipinski definition) is 1. The van der Waals surface area contributed by atoms with Gasteiger partial charge in [-0.25, -0.2) is 4.79 Å². The quantitative estimate of drug-likeness (QED) is 0.785. The first-order valence-corrected chi connectivity index (χ1v) is 5.33. The van der Waals surface area contributed by atoms with Crippen LogP contribution in [0.5, 0.6) is 0 Å². The second kappa shape index (κ2) is 4.23. The van der Waals surface area contributed by atoms with E-state index < -0.39 is 5.97 Å². The minimum Gasteiger partial charge on any atom is -0.478 e. The maximum atomic E-state index is 11.0. The molecular formula is C12H15ClO2. The summed E-state index contributed by atoms with van der Waals surface area (Å²) in [6.07, 6.45) is 0. The summed E-state index contributed by atoms with van der Waals surface area (Å²) >= 11 is 5.82. The molecule has 0 unspecified atom stereocenters. The van der Waals surface area contributed by atoms with Crippen molar-refractivity contribution in [2.45, 2.75) is 32.1 Å². The molecule has 82 valence electrons. The van der Waals surface area contributed by atoms with Gasteiger partial charge in [0.05, 0.1) is 5.56 Å². The van der Waals surface area contributed by atoms with Gasteiger partial charge in [0.15, 0.2) is 0 Å². The topological polar surface area (TPSA) is 37.3 Å². The lowest BCUT2D eigenvalue weighted by Crippen LogP contribution is -2.16. The van der Waals surface area contributed by atoms with E-state index in [1.54, 1.807) is 12.1 Å². The van der Waals surface area contributed by atoms with Gasteiger partial charge in [0.25, 0.3) is 0 Å². The number of aromatic carboxylic acids is 1. The molecule has 0 aliphatic carbocycles. The van der Waals surface area contributed by atoms with Crippen LogP contribution in [0.4, 0.5) is 0 Å². The Balaban J connectivity index is 3.42. The van der Waals surface area contributed by atoms with Crippen LogP contribution < -0.4 is 0 Å². The standard InChI is InChI=1S/C12H15ClO2/c1-12(2,3)10-6-4-5-8(11(14)15)9(10)7-13/h4-6H,7H2,1-3H3,(H,14,15). The Bertz CT molecular complexity index is 378. The van der Waals surface area contributed by atoms with Crippen molar-refractivity contribution in [3.8, 4) is 0 Å². The van der Waals surface area contributed by atoms with Crippen LogP contribution in [-0.2, 0) is 11.3 Å². The molecule has 2 nitrogen and oxygen atoms in total. The summed E-state index contributed by atoms with van der Waals surface area (Å²) < 4.78 is 0. The van der Waals surface area contributed by atoms with Crippen LogP contribution in [0.15, 0.2) is 18.2 Å². The Morgan fingerprint density at radius 1 is 1.40 bits per heavy atom. The first-order valence-electron chi connectivity index (χ1n) is 4.79. The van der Waals surface area contributed by atoms with Crippen LogP contribution in [0.2, 0.25) is 0 Å². The van der Waals surface area contributed by atoms with Gasteiger partial charge in [0, 0.05) is 5.88 Å². The number of hydrogen-bond acceptors (Lipinski definition) is 1. The molecule has 0 atom stereocenters. The van der Waals surface area contributed by atoms with E-state index in [1.165, 1.54) is 0 Å². The van der Waals surface area contributed by atoms with Crippen molar-refractivity contribution in [1.29, 1.82) is 0 Å². The van der Waals surface area contributed by atoms with E-state index in [2.05, 4.69) is 0 Å². The molecule has 1 N–H and O–H groups in total. The van der Waals surface area contributed by atoms with Gasteiger partial charge in [0.2, 0.25) is 0 Å². The van der Waals surface area contributed by atoms with Crippen LogP contribution in [0.1, 0.15) is 42.3 Å². The lowest BCUT2D eigenvalue weighted by molar-refractivity contribution is 0.0696. The van der Waals surface area contributed by atoms with Gasteiger partial charge in [-0.2, -0.15) is 0 Å². The van der Waals surface area contributed by atoms with E-state index in [4.69, 9.17) is 16.7 Å². The smallest absolute Gasteiger partial charge is 0.336 e. The fourth-order valence-corrected chi connectivity index (χ4v) is 1.92. The predicted octanol–water partition coefficient (Wildman–Crippen LogP) is 3.42. The first kappa shape index (κ1) is 12.1. The Labute approximate surface area is 94.9 Å². The number of benzene rings is 1. The molecule has 0 fully saturated rings. The average molecular weight is 227 g/mol. The minimum absolute atomic E-state index is 0.0876. The fraction of sp³-hybridized carbons (Fsp3) is 0.417. The Hall–Kier alpha value is -1.02. The van der Waals surface area contributed by atoms with Gasteiger partial charge in [-0.15, -0.1) is 11.6 Å². The molecule has 1 rings (SSSR count). The molecule has 0 bridgehead atoms. The van der Waals surface area contributed by atoms with Crippen molar-refractivity contribution in [2.75, 3.05) is 0 Å². The van der Waals surface area contributed by atoms with E-state index in [0.29, 0.717) is 5.56 Å². The molecule has 0 heterocycles. The Kier molecular flexibility index (Phi) is 3.40. The Morgan fingerprint density at radius 2 is 2.00 bits per heavy atom. The summed E-state index contributed by atoms with van der Waals surface area (Å²) in [5, 5.41) is 9.03. The molecule has 0 spiro atoms. The van der Waals surface area contributed by atoms with Gasteiger partial charge in [0.1, 0.15) is 0 Å². The maximum absolute atomic E-state index is 11.0. The SMILES string of the molecule is CC(C)(C)c1cccc(C(=O)O)c1CCl. The van der Waals surface area contributed by atoms with Gasteiger partial charge in [-0.3, -0.25) is 0 Å². The third-order valence-corrected chi connectivity index (χ3v) is 2.62. The summed E-state index contributed by atoms with van der Waals surface area (Å²) in [5.41, 5.74) is 1.93. The summed E-state index contributed by atoms with van der Waals surface area (Å²) in [7, 11) is 0. The van der Waals surface area contributed by atoms with Gasteiger partial charge in [-0.05, 0) is 22.6 Å².